The number of alkyl halides is 1. The smallest absolute Gasteiger partial charge is 0.161 e. The van der Waals surface area contributed by atoms with Gasteiger partial charge >= 0.3 is 0 Å². The highest BCUT2D eigenvalue weighted by Gasteiger charge is 2.26. The maximum Gasteiger partial charge on any atom is 0.161 e. The minimum absolute atomic E-state index is 0.203. The number of rotatable bonds is 8. The van der Waals surface area contributed by atoms with Crippen molar-refractivity contribution in [3.05, 3.63) is 23.8 Å². The fourth-order valence-corrected chi connectivity index (χ4v) is 2.92. The number of ether oxygens (including phenoxy) is 2. The molecule has 3 heteroatoms. The predicted octanol–water partition coefficient (Wildman–Crippen LogP) is 4.84. The van der Waals surface area contributed by atoms with Crippen LogP contribution in [0.4, 0.5) is 0 Å². The summed E-state index contributed by atoms with van der Waals surface area (Å²) in [5, 5.41) is 0.961. The van der Waals surface area contributed by atoms with Crippen molar-refractivity contribution in [1.82, 2.24) is 0 Å². The highest BCUT2D eigenvalue weighted by molar-refractivity contribution is 9.09. The molecule has 1 rings (SSSR count). The van der Waals surface area contributed by atoms with Crippen LogP contribution in [-0.4, -0.2) is 19.0 Å². The van der Waals surface area contributed by atoms with E-state index in [9.17, 15) is 0 Å². The van der Waals surface area contributed by atoms with Gasteiger partial charge in [0.05, 0.1) is 13.7 Å². The maximum absolute atomic E-state index is 6.01. The van der Waals surface area contributed by atoms with E-state index in [0.29, 0.717) is 6.61 Å². The average Bonchev–Trinajstić information content (AvgIpc) is 2.49. The lowest BCUT2D eigenvalue weighted by atomic mass is 9.86. The van der Waals surface area contributed by atoms with Gasteiger partial charge < -0.3 is 9.47 Å². The first-order valence-corrected chi connectivity index (χ1v) is 8.12. The molecule has 0 atom stereocenters. The minimum atomic E-state index is 0.203. The van der Waals surface area contributed by atoms with Crippen LogP contribution in [0.5, 0.6) is 11.5 Å². The number of hydrogen-bond donors (Lipinski definition) is 0. The largest absolute Gasteiger partial charge is 0.493 e. The van der Waals surface area contributed by atoms with E-state index in [1.807, 2.05) is 6.07 Å². The molecule has 0 N–H and O–H groups in total. The second kappa shape index (κ2) is 7.78. The zero-order valence-corrected chi connectivity index (χ0v) is 14.0. The number of benzene rings is 1. The molecule has 0 heterocycles. The molecule has 108 valence electrons. The van der Waals surface area contributed by atoms with E-state index in [0.717, 1.165) is 36.1 Å². The van der Waals surface area contributed by atoms with Crippen LogP contribution in [0.15, 0.2) is 18.2 Å². The van der Waals surface area contributed by atoms with Gasteiger partial charge in [-0.1, -0.05) is 42.8 Å². The molecule has 0 amide bonds. The second-order valence-electron chi connectivity index (χ2n) is 4.97. The molecule has 0 aliphatic heterocycles. The van der Waals surface area contributed by atoms with Crippen LogP contribution < -0.4 is 9.47 Å². The van der Waals surface area contributed by atoms with E-state index in [-0.39, 0.29) is 5.41 Å². The molecule has 0 aromatic heterocycles. The standard InChI is InChI=1S/C16H25BrO2/c1-5-13-8-9-14(15(10-13)18-4)19-12-16(6-2,7-3)11-17/h8-10H,5-7,11-12H2,1-4H3. The first-order valence-electron chi connectivity index (χ1n) is 7.00. The Hall–Kier alpha value is -0.700. The van der Waals surface area contributed by atoms with E-state index in [4.69, 9.17) is 9.47 Å². The van der Waals surface area contributed by atoms with Crippen molar-refractivity contribution < 1.29 is 9.47 Å². The highest BCUT2D eigenvalue weighted by Crippen LogP contribution is 2.33. The molecule has 0 aliphatic carbocycles. The molecule has 0 saturated carbocycles. The lowest BCUT2D eigenvalue weighted by Crippen LogP contribution is -2.29. The molecule has 2 nitrogen and oxygen atoms in total. The molecule has 19 heavy (non-hydrogen) atoms. The van der Waals surface area contributed by atoms with Gasteiger partial charge in [-0.05, 0) is 37.0 Å². The molecule has 0 fully saturated rings. The molecule has 0 bridgehead atoms. The Morgan fingerprint density at radius 1 is 1.11 bits per heavy atom. The van der Waals surface area contributed by atoms with Crippen molar-refractivity contribution >= 4 is 15.9 Å². The van der Waals surface area contributed by atoms with Crippen molar-refractivity contribution in [2.45, 2.75) is 40.0 Å². The van der Waals surface area contributed by atoms with Gasteiger partial charge in [-0.3, -0.25) is 0 Å². The Kier molecular flexibility index (Phi) is 6.70. The third kappa shape index (κ3) is 4.13. The Balaban J connectivity index is 2.82. The molecule has 1 aromatic carbocycles. The van der Waals surface area contributed by atoms with Gasteiger partial charge in [0.2, 0.25) is 0 Å². The van der Waals surface area contributed by atoms with E-state index in [1.54, 1.807) is 7.11 Å². The van der Waals surface area contributed by atoms with E-state index in [1.165, 1.54) is 5.56 Å². The summed E-state index contributed by atoms with van der Waals surface area (Å²) in [5.74, 6) is 1.67. The van der Waals surface area contributed by atoms with Crippen molar-refractivity contribution in [2.24, 2.45) is 5.41 Å². The maximum atomic E-state index is 6.01. The van der Waals surface area contributed by atoms with Crippen LogP contribution in [0.25, 0.3) is 0 Å². The topological polar surface area (TPSA) is 18.5 Å². The number of halogens is 1. The van der Waals surface area contributed by atoms with Crippen LogP contribution in [0.2, 0.25) is 0 Å². The van der Waals surface area contributed by atoms with Crippen molar-refractivity contribution in [1.29, 1.82) is 0 Å². The quantitative estimate of drug-likeness (QED) is 0.636. The van der Waals surface area contributed by atoms with Gasteiger partial charge in [0.15, 0.2) is 11.5 Å². The van der Waals surface area contributed by atoms with Gasteiger partial charge in [0.25, 0.3) is 0 Å². The zero-order chi connectivity index (χ0) is 14.3. The van der Waals surface area contributed by atoms with Crippen molar-refractivity contribution in [3.8, 4) is 11.5 Å². The molecule has 0 unspecified atom stereocenters. The summed E-state index contributed by atoms with van der Waals surface area (Å²) in [6, 6.07) is 6.18. The fourth-order valence-electron chi connectivity index (χ4n) is 1.96. The third-order valence-corrected chi connectivity index (χ3v) is 5.14. The predicted molar refractivity (Wildman–Crippen MR) is 84.7 cm³/mol. The molecule has 1 aromatic rings. The first kappa shape index (κ1) is 16.4. The summed E-state index contributed by atoms with van der Waals surface area (Å²) < 4.78 is 11.4. The Labute approximate surface area is 125 Å². The second-order valence-corrected chi connectivity index (χ2v) is 5.53. The molecular weight excluding hydrogens is 304 g/mol. The van der Waals surface area contributed by atoms with Gasteiger partial charge in [-0.2, -0.15) is 0 Å². The van der Waals surface area contributed by atoms with Crippen LogP contribution in [0, 0.1) is 5.41 Å². The van der Waals surface area contributed by atoms with Gasteiger partial charge in [-0.25, -0.2) is 0 Å². The normalized spacial score (nSPS) is 11.4. The zero-order valence-electron chi connectivity index (χ0n) is 12.5. The summed E-state index contributed by atoms with van der Waals surface area (Å²) in [6.45, 7) is 7.28. The monoisotopic (exact) mass is 328 g/mol. The highest BCUT2D eigenvalue weighted by atomic mass is 79.9. The lowest BCUT2D eigenvalue weighted by molar-refractivity contribution is 0.153. The Morgan fingerprint density at radius 3 is 2.26 bits per heavy atom. The SMILES string of the molecule is CCc1ccc(OCC(CC)(CC)CBr)c(OC)c1. The summed E-state index contributed by atoms with van der Waals surface area (Å²) in [4.78, 5) is 0. The summed E-state index contributed by atoms with van der Waals surface area (Å²) >= 11 is 3.61. The number of hydrogen-bond acceptors (Lipinski definition) is 2. The molecule has 0 aliphatic rings. The van der Waals surface area contributed by atoms with Crippen molar-refractivity contribution in [2.75, 3.05) is 19.0 Å². The van der Waals surface area contributed by atoms with Gasteiger partial charge in [0.1, 0.15) is 0 Å². The molecule has 0 spiro atoms. The number of aryl methyl sites for hydroxylation is 1. The Morgan fingerprint density at radius 2 is 1.79 bits per heavy atom. The minimum Gasteiger partial charge on any atom is -0.493 e. The number of methoxy groups -OCH3 is 1. The third-order valence-electron chi connectivity index (χ3n) is 3.95. The average molecular weight is 329 g/mol. The van der Waals surface area contributed by atoms with E-state index in [2.05, 4.69) is 48.8 Å². The fraction of sp³-hybridized carbons (Fsp3) is 0.625. The van der Waals surface area contributed by atoms with Gasteiger partial charge in [0, 0.05) is 10.7 Å². The lowest BCUT2D eigenvalue weighted by Gasteiger charge is -2.29. The van der Waals surface area contributed by atoms with E-state index < -0.39 is 0 Å². The summed E-state index contributed by atoms with van der Waals surface area (Å²) in [7, 11) is 1.69. The summed E-state index contributed by atoms with van der Waals surface area (Å²) in [5.41, 5.74) is 1.47. The summed E-state index contributed by atoms with van der Waals surface area (Å²) in [6.07, 6.45) is 3.21. The van der Waals surface area contributed by atoms with Crippen molar-refractivity contribution in [3.63, 3.8) is 0 Å². The molecule has 0 saturated heterocycles. The molecular formula is C16H25BrO2. The first-order chi connectivity index (χ1) is 9.14. The van der Waals surface area contributed by atoms with E-state index >= 15 is 0 Å². The Bertz CT molecular complexity index is 378. The van der Waals surface area contributed by atoms with Crippen LogP contribution >= 0.6 is 15.9 Å². The van der Waals surface area contributed by atoms with Crippen LogP contribution in [0.3, 0.4) is 0 Å². The van der Waals surface area contributed by atoms with Crippen LogP contribution in [0.1, 0.15) is 39.2 Å². The van der Waals surface area contributed by atoms with Crippen LogP contribution in [-0.2, 0) is 6.42 Å². The molecule has 0 radical (unpaired) electrons. The van der Waals surface area contributed by atoms with Gasteiger partial charge in [-0.15, -0.1) is 0 Å².